The molecule has 1 radical (unpaired) electrons. The summed E-state index contributed by atoms with van der Waals surface area (Å²) < 4.78 is 0. The third-order valence-corrected chi connectivity index (χ3v) is 0. The van der Waals surface area contributed by atoms with Gasteiger partial charge in [0.15, 0.2) is 0 Å². The van der Waals surface area contributed by atoms with Crippen LogP contribution in [0.1, 0.15) is 0 Å². The second-order valence-corrected chi connectivity index (χ2v) is 0.283. The van der Waals surface area contributed by atoms with Gasteiger partial charge in [-0.25, -0.2) is 4.79 Å². The van der Waals surface area contributed by atoms with Crippen molar-refractivity contribution in [1.82, 2.24) is 0 Å². The Morgan fingerprint density at radius 3 is 1.25 bits per heavy atom. The Morgan fingerprint density at radius 1 is 1.25 bits per heavy atom. The van der Waals surface area contributed by atoms with Gasteiger partial charge in [0.05, 0.1) is 0 Å². The first kappa shape index (κ1) is 37.6. The first-order valence-electron chi connectivity index (χ1n) is 0.651. The summed E-state index contributed by atoms with van der Waals surface area (Å²) in [6.07, 6.45) is -1.83. The number of hydrogen-bond donors (Lipinski definition) is 2. The van der Waals surface area contributed by atoms with Crippen LogP contribution >= 0.6 is 0 Å². The molecule has 0 saturated carbocycles. The fourth-order valence-corrected chi connectivity index (χ4v) is 0. The molecule has 0 aromatic carbocycles. The molecular weight excluding hydrogens is 170 g/mol. The molecule has 45 valence electrons. The van der Waals surface area contributed by atoms with Gasteiger partial charge in [-0.05, 0) is 0 Å². The molecule has 0 aliphatic carbocycles. The largest absolute Gasteiger partial charge is 2.00 e. The van der Waals surface area contributed by atoms with Crippen molar-refractivity contribution < 1.29 is 72.6 Å². The van der Waals surface area contributed by atoms with Gasteiger partial charge in [-0.1, -0.05) is 0 Å². The molecule has 0 rings (SSSR count). The van der Waals surface area contributed by atoms with Crippen molar-refractivity contribution in [1.29, 1.82) is 0 Å². The third-order valence-electron chi connectivity index (χ3n) is 0. The first-order valence-corrected chi connectivity index (χ1v) is 0.651. The molecular formula is CH3MnNaO5. The Kier molecular flexibility index (Phi) is 119. The Morgan fingerprint density at radius 2 is 1.25 bits per heavy atom. The molecule has 0 aliphatic heterocycles. The van der Waals surface area contributed by atoms with Crippen LogP contribution in [0.2, 0.25) is 0 Å². The van der Waals surface area contributed by atoms with E-state index in [4.69, 9.17) is 15.0 Å². The fourth-order valence-electron chi connectivity index (χ4n) is 0. The zero-order valence-electron chi connectivity index (χ0n) is 4.04. The van der Waals surface area contributed by atoms with Crippen LogP contribution in [0, 0.1) is 0 Å². The summed E-state index contributed by atoms with van der Waals surface area (Å²) in [6, 6.07) is 0. The predicted molar refractivity (Wildman–Crippen MR) is 13.3 cm³/mol. The van der Waals surface area contributed by atoms with E-state index in [1.807, 2.05) is 0 Å². The molecule has 0 heterocycles. The van der Waals surface area contributed by atoms with E-state index < -0.39 is 6.16 Å². The van der Waals surface area contributed by atoms with Gasteiger partial charge in [-0.3, -0.25) is 0 Å². The predicted octanol–water partition coefficient (Wildman–Crippen LogP) is -3.07. The van der Waals surface area contributed by atoms with Crippen LogP contribution in [-0.2, 0) is 22.5 Å². The summed E-state index contributed by atoms with van der Waals surface area (Å²) in [4.78, 5) is 8.56. The van der Waals surface area contributed by atoms with Crippen LogP contribution in [0.4, 0.5) is 4.79 Å². The van der Waals surface area contributed by atoms with Crippen LogP contribution in [0.3, 0.4) is 0 Å². The van der Waals surface area contributed by atoms with Gasteiger partial charge in [0, 0.05) is 0 Å². The number of carboxylic acid groups (broad SMARTS) is 2. The fraction of sp³-hybridized carbons (Fsp3) is 0. The van der Waals surface area contributed by atoms with Crippen LogP contribution in [-0.4, -0.2) is 21.8 Å². The minimum Gasteiger partial charge on any atom is -2.00 e. The Labute approximate surface area is 78.5 Å². The molecule has 0 amide bonds. The summed E-state index contributed by atoms with van der Waals surface area (Å²) in [5.41, 5.74) is 0. The van der Waals surface area contributed by atoms with E-state index in [-0.39, 0.29) is 57.6 Å². The van der Waals surface area contributed by atoms with Crippen molar-refractivity contribution in [2.45, 2.75) is 0 Å². The molecule has 7 heteroatoms. The van der Waals surface area contributed by atoms with Gasteiger partial charge in [-0.15, -0.1) is 0 Å². The molecule has 0 aliphatic rings. The van der Waals surface area contributed by atoms with Gasteiger partial charge in [-0.2, -0.15) is 0 Å². The normalized spacial score (nSPS) is 3.00. The monoisotopic (exact) mass is 173 g/mol. The van der Waals surface area contributed by atoms with Crippen LogP contribution in [0.5, 0.6) is 0 Å². The topological polar surface area (TPSA) is 116 Å². The maximum atomic E-state index is 8.56. The van der Waals surface area contributed by atoms with E-state index in [0.29, 0.717) is 0 Å². The van der Waals surface area contributed by atoms with Crippen molar-refractivity contribution in [3.8, 4) is 0 Å². The molecule has 5 nitrogen and oxygen atoms in total. The summed E-state index contributed by atoms with van der Waals surface area (Å²) in [7, 11) is 0. The zero-order chi connectivity index (χ0) is 3.58. The minimum atomic E-state index is -1.83. The smallest absolute Gasteiger partial charge is 2.00 e. The number of hydrogen-bond acceptors (Lipinski definition) is 2. The van der Waals surface area contributed by atoms with Gasteiger partial charge in [0.2, 0.25) is 0 Å². The van der Waals surface area contributed by atoms with Crippen LogP contribution < -0.4 is 29.6 Å². The van der Waals surface area contributed by atoms with E-state index in [0.717, 1.165) is 0 Å². The molecule has 0 saturated heterocycles. The first-order chi connectivity index (χ1) is 1.73. The second kappa shape index (κ2) is 25.2. The molecule has 0 atom stereocenters. The molecule has 0 unspecified atom stereocenters. The summed E-state index contributed by atoms with van der Waals surface area (Å²) in [5, 5.41) is 13.9. The quantitative estimate of drug-likeness (QED) is 0.378. The maximum absolute atomic E-state index is 8.56. The van der Waals surface area contributed by atoms with Gasteiger partial charge >= 0.3 is 52.8 Å². The van der Waals surface area contributed by atoms with Crippen molar-refractivity contribution in [3.63, 3.8) is 0 Å². The average Bonchev–Trinajstić information content (AvgIpc) is 0.811. The molecule has 3 N–H and O–H groups in total. The molecule has 0 aromatic heterocycles. The Balaban J connectivity index is -0.00000000750. The van der Waals surface area contributed by atoms with E-state index in [9.17, 15) is 0 Å². The molecule has 0 bridgehead atoms. The molecule has 0 aromatic rings. The van der Waals surface area contributed by atoms with Gasteiger partial charge in [0.25, 0.3) is 0 Å². The number of carbonyl (C=O) groups is 1. The van der Waals surface area contributed by atoms with E-state index in [1.54, 1.807) is 0 Å². The molecule has 8 heavy (non-hydrogen) atoms. The maximum Gasteiger partial charge on any atom is 2.00 e. The summed E-state index contributed by atoms with van der Waals surface area (Å²) in [6.45, 7) is 0. The van der Waals surface area contributed by atoms with Gasteiger partial charge in [0.1, 0.15) is 0 Å². The van der Waals surface area contributed by atoms with Crippen molar-refractivity contribution in [2.24, 2.45) is 0 Å². The molecule has 0 fully saturated rings. The van der Waals surface area contributed by atoms with E-state index in [1.165, 1.54) is 0 Å². The third kappa shape index (κ3) is 435. The average molecular weight is 173 g/mol. The minimum absolute atomic E-state index is 0. The van der Waals surface area contributed by atoms with Crippen molar-refractivity contribution >= 4 is 6.16 Å². The molecule has 0 spiro atoms. The van der Waals surface area contributed by atoms with E-state index >= 15 is 0 Å². The zero-order valence-corrected chi connectivity index (χ0v) is 7.22. The van der Waals surface area contributed by atoms with Crippen molar-refractivity contribution in [2.75, 3.05) is 0 Å². The van der Waals surface area contributed by atoms with Crippen LogP contribution in [0.25, 0.3) is 0 Å². The number of rotatable bonds is 0. The standard InChI is InChI=1S/CH2O3.Mn.Na.H2O.O/c2-1(3)4;;;;/h(H2,2,3,4);;;1H2;/q;+2;+1;;-2/p-1. The van der Waals surface area contributed by atoms with Crippen LogP contribution in [0.15, 0.2) is 0 Å². The van der Waals surface area contributed by atoms with Crippen molar-refractivity contribution in [3.05, 3.63) is 0 Å². The van der Waals surface area contributed by atoms with Gasteiger partial charge < -0.3 is 21.2 Å². The second-order valence-electron chi connectivity index (χ2n) is 0.283. The SMILES string of the molecule is O=C(O)O.[Mn+2].[Na+].[O-2].[OH-]. The summed E-state index contributed by atoms with van der Waals surface area (Å²) in [5.74, 6) is 0. The summed E-state index contributed by atoms with van der Waals surface area (Å²) >= 11 is 0. The van der Waals surface area contributed by atoms with E-state index in [2.05, 4.69) is 0 Å². The Hall–Kier alpha value is 0.709. The Bertz CT molecular complexity index is 35.4.